The van der Waals surface area contributed by atoms with Gasteiger partial charge in [-0.05, 0) is 56.3 Å². The molecule has 1 aromatic heterocycles. The molecule has 3 nitrogen and oxygen atoms in total. The minimum absolute atomic E-state index is 0.293. The van der Waals surface area contributed by atoms with Gasteiger partial charge in [0.1, 0.15) is 0 Å². The molecule has 1 saturated heterocycles. The first-order valence-corrected chi connectivity index (χ1v) is 7.09. The Hall–Kier alpha value is -1.13. The average molecular weight is 265 g/mol. The number of carboxylic acid groups (broad SMARTS) is 1. The zero-order valence-electron chi connectivity index (χ0n) is 10.8. The molecule has 2 heterocycles. The molecule has 0 bridgehead atoms. The summed E-state index contributed by atoms with van der Waals surface area (Å²) >= 11 is 1.70. The van der Waals surface area contributed by atoms with E-state index in [1.165, 1.54) is 23.8 Å². The maximum Gasteiger partial charge on any atom is 0.328 e. The van der Waals surface area contributed by atoms with Gasteiger partial charge >= 0.3 is 5.97 Å². The van der Waals surface area contributed by atoms with Crippen LogP contribution in [-0.2, 0) is 11.3 Å². The van der Waals surface area contributed by atoms with Gasteiger partial charge in [0.15, 0.2) is 0 Å². The van der Waals surface area contributed by atoms with Crippen molar-refractivity contribution in [2.24, 2.45) is 0 Å². The van der Waals surface area contributed by atoms with Crippen LogP contribution in [0.1, 0.15) is 37.1 Å². The molecule has 4 heteroatoms. The maximum absolute atomic E-state index is 10.5. The number of aliphatic carboxylic acids is 1. The van der Waals surface area contributed by atoms with Crippen LogP contribution in [0.25, 0.3) is 6.08 Å². The number of likely N-dealkylation sites (tertiary alicyclic amines) is 1. The van der Waals surface area contributed by atoms with Crippen molar-refractivity contribution in [3.8, 4) is 0 Å². The number of carbonyl (C=O) groups is 1. The summed E-state index contributed by atoms with van der Waals surface area (Å²) in [5.74, 6) is -0.900. The Labute approximate surface area is 112 Å². The Bertz CT molecular complexity index is 462. The summed E-state index contributed by atoms with van der Waals surface area (Å²) in [4.78, 5) is 14.3. The standard InChI is InChI=1S/C14H19NO2S/c1-14(2)6-3-7-15(14)9-12-8-11(10-18-12)4-5-13(16)17/h4-5,8,10H,3,6-7,9H2,1-2H3,(H,16,17). The van der Waals surface area contributed by atoms with E-state index in [0.29, 0.717) is 5.54 Å². The Balaban J connectivity index is 2.01. The summed E-state index contributed by atoms with van der Waals surface area (Å²) < 4.78 is 0. The lowest BCUT2D eigenvalue weighted by Crippen LogP contribution is -2.37. The number of hydrogen-bond donors (Lipinski definition) is 1. The summed E-state index contributed by atoms with van der Waals surface area (Å²) in [5.41, 5.74) is 1.27. The van der Waals surface area contributed by atoms with Gasteiger partial charge < -0.3 is 5.11 Å². The predicted octanol–water partition coefficient (Wildman–Crippen LogP) is 3.22. The van der Waals surface area contributed by atoms with Crippen molar-refractivity contribution in [1.82, 2.24) is 4.90 Å². The van der Waals surface area contributed by atoms with E-state index in [4.69, 9.17) is 5.11 Å². The first kappa shape index (κ1) is 13.3. The highest BCUT2D eigenvalue weighted by atomic mass is 32.1. The normalized spacial score (nSPS) is 19.7. The molecule has 18 heavy (non-hydrogen) atoms. The number of carboxylic acids is 1. The average Bonchev–Trinajstić information content (AvgIpc) is 2.84. The van der Waals surface area contributed by atoms with Crippen molar-refractivity contribution in [3.05, 3.63) is 28.0 Å². The van der Waals surface area contributed by atoms with E-state index in [-0.39, 0.29) is 0 Å². The van der Waals surface area contributed by atoms with Gasteiger partial charge in [0.05, 0.1) is 0 Å². The predicted molar refractivity (Wildman–Crippen MR) is 74.7 cm³/mol. The van der Waals surface area contributed by atoms with Gasteiger partial charge in [-0.1, -0.05) is 0 Å². The minimum Gasteiger partial charge on any atom is -0.478 e. The molecule has 0 aliphatic carbocycles. The third kappa shape index (κ3) is 3.21. The molecule has 1 N–H and O–H groups in total. The molecule has 0 spiro atoms. The number of nitrogens with zero attached hydrogens (tertiary/aromatic N) is 1. The van der Waals surface area contributed by atoms with Gasteiger partial charge in [-0.15, -0.1) is 11.3 Å². The van der Waals surface area contributed by atoms with Gasteiger partial charge in [-0.2, -0.15) is 0 Å². The Morgan fingerprint density at radius 1 is 1.61 bits per heavy atom. The van der Waals surface area contributed by atoms with Crippen LogP contribution in [-0.4, -0.2) is 28.1 Å². The van der Waals surface area contributed by atoms with Crippen LogP contribution < -0.4 is 0 Å². The molecule has 1 aliphatic rings. The van der Waals surface area contributed by atoms with Gasteiger partial charge in [-0.3, -0.25) is 4.90 Å². The van der Waals surface area contributed by atoms with Crippen molar-refractivity contribution >= 4 is 23.4 Å². The van der Waals surface area contributed by atoms with Crippen LogP contribution in [0.4, 0.5) is 0 Å². The highest BCUT2D eigenvalue weighted by Gasteiger charge is 2.31. The zero-order valence-corrected chi connectivity index (χ0v) is 11.7. The summed E-state index contributed by atoms with van der Waals surface area (Å²) in [6, 6.07) is 2.08. The van der Waals surface area contributed by atoms with E-state index >= 15 is 0 Å². The Kier molecular flexibility index (Phi) is 3.88. The number of hydrogen-bond acceptors (Lipinski definition) is 3. The largest absolute Gasteiger partial charge is 0.478 e. The lowest BCUT2D eigenvalue weighted by molar-refractivity contribution is -0.131. The third-order valence-corrected chi connectivity index (χ3v) is 4.45. The second kappa shape index (κ2) is 5.24. The van der Waals surface area contributed by atoms with Crippen molar-refractivity contribution in [1.29, 1.82) is 0 Å². The second-order valence-electron chi connectivity index (χ2n) is 5.36. The van der Waals surface area contributed by atoms with Gasteiger partial charge in [0.25, 0.3) is 0 Å². The SMILES string of the molecule is CC1(C)CCCN1Cc1cc(C=CC(=O)O)cs1. The summed E-state index contributed by atoms with van der Waals surface area (Å²) in [6.07, 6.45) is 5.36. The maximum atomic E-state index is 10.5. The smallest absolute Gasteiger partial charge is 0.328 e. The van der Waals surface area contributed by atoms with Gasteiger partial charge in [0, 0.05) is 23.0 Å². The van der Waals surface area contributed by atoms with Crippen LogP contribution >= 0.6 is 11.3 Å². The topological polar surface area (TPSA) is 40.5 Å². The van der Waals surface area contributed by atoms with E-state index in [1.54, 1.807) is 17.4 Å². The van der Waals surface area contributed by atoms with Crippen LogP contribution in [0, 0.1) is 0 Å². The molecule has 1 aromatic rings. The summed E-state index contributed by atoms with van der Waals surface area (Å²) in [6.45, 7) is 6.71. The van der Waals surface area contributed by atoms with Crippen molar-refractivity contribution in [2.75, 3.05) is 6.54 Å². The van der Waals surface area contributed by atoms with Gasteiger partial charge in [0.2, 0.25) is 0 Å². The molecular weight excluding hydrogens is 246 g/mol. The fourth-order valence-corrected chi connectivity index (χ4v) is 3.25. The first-order valence-electron chi connectivity index (χ1n) is 6.21. The lowest BCUT2D eigenvalue weighted by atomic mass is 10.0. The van der Waals surface area contributed by atoms with E-state index in [2.05, 4.69) is 24.8 Å². The van der Waals surface area contributed by atoms with Crippen molar-refractivity contribution < 1.29 is 9.90 Å². The summed E-state index contributed by atoms with van der Waals surface area (Å²) in [5, 5.41) is 10.6. The highest BCUT2D eigenvalue weighted by Crippen LogP contribution is 2.31. The highest BCUT2D eigenvalue weighted by molar-refractivity contribution is 7.10. The van der Waals surface area contributed by atoms with Crippen molar-refractivity contribution in [3.63, 3.8) is 0 Å². The van der Waals surface area contributed by atoms with Crippen LogP contribution in [0.2, 0.25) is 0 Å². The lowest BCUT2D eigenvalue weighted by Gasteiger charge is -2.31. The van der Waals surface area contributed by atoms with Crippen LogP contribution in [0.5, 0.6) is 0 Å². The molecular formula is C14H19NO2S. The molecule has 2 rings (SSSR count). The molecule has 98 valence electrons. The fourth-order valence-electron chi connectivity index (χ4n) is 2.38. The number of thiophene rings is 1. The monoisotopic (exact) mass is 265 g/mol. The third-order valence-electron chi connectivity index (χ3n) is 3.51. The van der Waals surface area contributed by atoms with Crippen LogP contribution in [0.15, 0.2) is 17.5 Å². The molecule has 0 atom stereocenters. The fraction of sp³-hybridized carbons (Fsp3) is 0.500. The minimum atomic E-state index is -0.900. The quantitative estimate of drug-likeness (QED) is 0.850. The molecule has 1 aliphatic heterocycles. The van der Waals surface area contributed by atoms with Gasteiger partial charge in [-0.25, -0.2) is 4.79 Å². The van der Waals surface area contributed by atoms with E-state index in [9.17, 15) is 4.79 Å². The van der Waals surface area contributed by atoms with E-state index in [0.717, 1.165) is 18.7 Å². The van der Waals surface area contributed by atoms with E-state index in [1.807, 2.05) is 5.38 Å². The van der Waals surface area contributed by atoms with Crippen LogP contribution in [0.3, 0.4) is 0 Å². The first-order chi connectivity index (χ1) is 8.47. The second-order valence-corrected chi connectivity index (χ2v) is 6.35. The zero-order chi connectivity index (χ0) is 13.2. The molecule has 0 radical (unpaired) electrons. The van der Waals surface area contributed by atoms with E-state index < -0.39 is 5.97 Å². The molecule has 1 fully saturated rings. The molecule has 0 saturated carbocycles. The Morgan fingerprint density at radius 3 is 3.00 bits per heavy atom. The molecule has 0 aromatic carbocycles. The molecule has 0 unspecified atom stereocenters. The number of rotatable bonds is 4. The summed E-state index contributed by atoms with van der Waals surface area (Å²) in [7, 11) is 0. The Morgan fingerprint density at radius 2 is 2.39 bits per heavy atom. The van der Waals surface area contributed by atoms with Crippen molar-refractivity contribution in [2.45, 2.75) is 38.8 Å². The molecule has 0 amide bonds.